The van der Waals surface area contributed by atoms with Gasteiger partial charge in [-0.05, 0) is 13.0 Å². The van der Waals surface area contributed by atoms with Crippen molar-refractivity contribution in [3.05, 3.63) is 35.1 Å². The van der Waals surface area contributed by atoms with Crippen LogP contribution >= 0.6 is 0 Å². The minimum absolute atomic E-state index is 0.475. The monoisotopic (exact) mass is 208 g/mol. The summed E-state index contributed by atoms with van der Waals surface area (Å²) in [6.07, 6.45) is -4.77. The topological polar surface area (TPSA) is 26.0 Å². The van der Waals surface area contributed by atoms with Gasteiger partial charge in [0.15, 0.2) is 0 Å². The first-order valence-electron chi connectivity index (χ1n) is 4.29. The van der Waals surface area contributed by atoms with Crippen LogP contribution in [0.25, 0.3) is 0 Å². The van der Waals surface area contributed by atoms with Crippen molar-refractivity contribution in [2.45, 2.75) is 19.1 Å². The van der Waals surface area contributed by atoms with Gasteiger partial charge in [-0.2, -0.15) is 13.2 Å². The first kappa shape index (κ1) is 9.45. The molecule has 0 aliphatic heterocycles. The van der Waals surface area contributed by atoms with Crippen molar-refractivity contribution in [3.8, 4) is 0 Å². The molecule has 0 fully saturated rings. The van der Waals surface area contributed by atoms with E-state index in [9.17, 15) is 17.6 Å². The molecule has 0 saturated carbocycles. The summed E-state index contributed by atoms with van der Waals surface area (Å²) in [7, 11) is 0. The van der Waals surface area contributed by atoms with Gasteiger partial charge in [0.2, 0.25) is 0 Å². The van der Waals surface area contributed by atoms with Gasteiger partial charge in [-0.25, -0.2) is 4.39 Å². The van der Waals surface area contributed by atoms with Crippen LogP contribution in [0, 0.1) is 5.82 Å². The molecule has 0 amide bonds. The van der Waals surface area contributed by atoms with Crippen LogP contribution in [0.15, 0.2) is 18.2 Å². The fourth-order valence-electron chi connectivity index (χ4n) is 1.06. The average Bonchev–Trinajstić information content (AvgIpc) is 1.99. The van der Waals surface area contributed by atoms with E-state index in [1.807, 2.05) is 0 Å². The first-order chi connectivity index (χ1) is 6.64. The molecule has 0 aliphatic rings. The third-order valence-corrected chi connectivity index (χ3v) is 1.73. The van der Waals surface area contributed by atoms with Gasteiger partial charge in [0, 0.05) is 11.6 Å². The van der Waals surface area contributed by atoms with E-state index in [1.54, 1.807) is 0 Å². The molecule has 0 heterocycles. The van der Waals surface area contributed by atoms with Crippen LogP contribution in [0.4, 0.5) is 17.6 Å². The van der Waals surface area contributed by atoms with E-state index in [0.717, 1.165) is 19.1 Å². The number of rotatable bonds is 1. The maximum Gasteiger partial charge on any atom is 0.419 e. The van der Waals surface area contributed by atoms with Crippen molar-refractivity contribution >= 4 is 0 Å². The van der Waals surface area contributed by atoms with Crippen molar-refractivity contribution in [2.24, 2.45) is 5.73 Å². The third-order valence-electron chi connectivity index (χ3n) is 1.73. The maximum absolute atomic E-state index is 13.3. The van der Waals surface area contributed by atoms with Crippen molar-refractivity contribution in [3.63, 3.8) is 0 Å². The fourth-order valence-corrected chi connectivity index (χ4v) is 1.06. The molecule has 78 valence electrons. The highest BCUT2D eigenvalue weighted by Gasteiger charge is 2.34. The molecule has 2 N–H and O–H groups in total. The van der Waals surface area contributed by atoms with Crippen LogP contribution in [0.2, 0.25) is 0 Å². The molecular weight excluding hydrogens is 198 g/mol. The highest BCUT2D eigenvalue weighted by molar-refractivity contribution is 5.29. The smallest absolute Gasteiger partial charge is 0.324 e. The van der Waals surface area contributed by atoms with Gasteiger partial charge in [0.05, 0.1) is 6.93 Å². The Morgan fingerprint density at radius 2 is 2.00 bits per heavy atom. The van der Waals surface area contributed by atoms with Gasteiger partial charge >= 0.3 is 6.18 Å². The summed E-state index contributed by atoms with van der Waals surface area (Å²) in [5.41, 5.74) is 3.36. The van der Waals surface area contributed by atoms with E-state index in [1.165, 1.54) is 0 Å². The Morgan fingerprint density at radius 1 is 1.43 bits per heavy atom. The lowest BCUT2D eigenvalue weighted by atomic mass is 10.0. The zero-order chi connectivity index (χ0) is 11.9. The van der Waals surface area contributed by atoms with Crippen molar-refractivity contribution in [1.29, 1.82) is 0 Å². The number of alkyl halides is 3. The Balaban J connectivity index is 3.37. The van der Waals surface area contributed by atoms with Crippen molar-refractivity contribution < 1.29 is 18.9 Å². The van der Waals surface area contributed by atoms with Crippen LogP contribution < -0.4 is 5.73 Å². The summed E-state index contributed by atoms with van der Waals surface area (Å²) in [6.45, 7) is 1.12. The normalized spacial score (nSPS) is 17.4. The average molecular weight is 208 g/mol. The number of nitrogens with two attached hydrogens (primary N) is 1. The number of hydrogen-bond acceptors (Lipinski definition) is 1. The van der Waals surface area contributed by atoms with Crippen LogP contribution in [0.3, 0.4) is 0 Å². The lowest BCUT2D eigenvalue weighted by Gasteiger charge is -2.12. The first-order valence-corrected chi connectivity index (χ1v) is 3.79. The van der Waals surface area contributed by atoms with Gasteiger partial charge in [0.1, 0.15) is 5.82 Å². The second-order valence-corrected chi connectivity index (χ2v) is 2.85. The Morgan fingerprint density at radius 3 is 2.43 bits per heavy atom. The largest absolute Gasteiger partial charge is 0.419 e. The summed E-state index contributed by atoms with van der Waals surface area (Å²) < 4.78 is 57.5. The van der Waals surface area contributed by atoms with E-state index in [0.29, 0.717) is 6.07 Å². The second-order valence-electron chi connectivity index (χ2n) is 2.85. The standard InChI is InChI=1S/C9H9F4N/c1-5(14)6-3-2-4-7(8(6)10)9(11,12)13/h2-5H,14H2,1H3/i5D. The molecule has 0 aliphatic carbocycles. The zero-order valence-corrected chi connectivity index (χ0v) is 7.32. The fraction of sp³-hybridized carbons (Fsp3) is 0.333. The van der Waals surface area contributed by atoms with Gasteiger partial charge in [0.25, 0.3) is 0 Å². The highest BCUT2D eigenvalue weighted by Crippen LogP contribution is 2.33. The summed E-state index contributed by atoms with van der Waals surface area (Å²) in [5, 5.41) is 0. The van der Waals surface area contributed by atoms with Gasteiger partial charge in [-0.1, -0.05) is 12.1 Å². The maximum atomic E-state index is 13.3. The lowest BCUT2D eigenvalue weighted by Crippen LogP contribution is -2.14. The number of halogens is 4. The number of benzene rings is 1. The minimum Gasteiger partial charge on any atom is -0.324 e. The van der Waals surface area contributed by atoms with Gasteiger partial charge in [-0.15, -0.1) is 0 Å². The molecule has 0 bridgehead atoms. The van der Waals surface area contributed by atoms with E-state index >= 15 is 0 Å². The summed E-state index contributed by atoms with van der Waals surface area (Å²) in [5.74, 6) is -1.48. The van der Waals surface area contributed by atoms with E-state index in [4.69, 9.17) is 7.10 Å². The van der Waals surface area contributed by atoms with Crippen molar-refractivity contribution in [1.82, 2.24) is 0 Å². The summed E-state index contributed by atoms with van der Waals surface area (Å²) in [4.78, 5) is 0. The Labute approximate surface area is 79.9 Å². The molecule has 0 radical (unpaired) electrons. The Kier molecular flexibility index (Phi) is 2.41. The minimum atomic E-state index is -4.77. The van der Waals surface area contributed by atoms with E-state index < -0.39 is 29.1 Å². The third kappa shape index (κ3) is 2.04. The molecule has 1 atom stereocenters. The molecule has 14 heavy (non-hydrogen) atoms. The van der Waals surface area contributed by atoms with Crippen molar-refractivity contribution in [2.75, 3.05) is 0 Å². The van der Waals surface area contributed by atoms with Crippen LogP contribution in [0.5, 0.6) is 0 Å². The molecule has 1 aromatic carbocycles. The quantitative estimate of drug-likeness (QED) is 0.705. The highest BCUT2D eigenvalue weighted by atomic mass is 19.4. The van der Waals surface area contributed by atoms with Gasteiger partial charge < -0.3 is 5.73 Å². The summed E-state index contributed by atoms with van der Waals surface area (Å²) >= 11 is 0. The molecule has 5 heteroatoms. The predicted octanol–water partition coefficient (Wildman–Crippen LogP) is 2.86. The van der Waals surface area contributed by atoms with Gasteiger partial charge in [-0.3, -0.25) is 0 Å². The molecule has 1 rings (SSSR count). The summed E-state index contributed by atoms with van der Waals surface area (Å²) in [6, 6.07) is 0.828. The van der Waals surface area contributed by atoms with Crippen LogP contribution in [0.1, 0.15) is 25.4 Å². The molecule has 1 nitrogen and oxygen atoms in total. The number of hydrogen-bond donors (Lipinski definition) is 1. The molecule has 0 spiro atoms. The Bertz CT molecular complexity index is 335. The van der Waals surface area contributed by atoms with Crippen LogP contribution in [-0.4, -0.2) is 0 Å². The zero-order valence-electron chi connectivity index (χ0n) is 8.32. The lowest BCUT2D eigenvalue weighted by molar-refractivity contribution is -0.140. The molecular formula is C9H9F4N. The molecule has 0 aromatic heterocycles. The van der Waals surface area contributed by atoms with Crippen LogP contribution in [-0.2, 0) is 6.18 Å². The van der Waals surface area contributed by atoms with E-state index in [2.05, 4.69) is 0 Å². The molecule has 1 aromatic rings. The SMILES string of the molecule is [2H]C(C)(N)c1cccc(C(F)(F)F)c1F. The second kappa shape index (κ2) is 3.57. The molecule has 1 unspecified atom stereocenters. The predicted molar refractivity (Wildman–Crippen MR) is 44.0 cm³/mol. The Hall–Kier alpha value is -1.10. The molecule has 0 saturated heterocycles. The van der Waals surface area contributed by atoms with E-state index in [-0.39, 0.29) is 0 Å².